The summed E-state index contributed by atoms with van der Waals surface area (Å²) < 4.78 is 44.5. The van der Waals surface area contributed by atoms with Crippen molar-refractivity contribution in [1.29, 1.82) is 0 Å². The molecule has 1 aliphatic rings. The van der Waals surface area contributed by atoms with Gasteiger partial charge in [0.1, 0.15) is 11.1 Å². The van der Waals surface area contributed by atoms with Crippen molar-refractivity contribution in [3.8, 4) is 11.7 Å². The fraction of sp³-hybridized carbons (Fsp3) is 0.381. The maximum atomic E-state index is 13.5. The predicted molar refractivity (Wildman–Crippen MR) is 112 cm³/mol. The summed E-state index contributed by atoms with van der Waals surface area (Å²) in [6.45, 7) is 4.12. The monoisotopic (exact) mass is 480 g/mol. The van der Waals surface area contributed by atoms with Crippen molar-refractivity contribution in [2.75, 3.05) is 6.54 Å². The quantitative estimate of drug-likeness (QED) is 0.558. The molecule has 33 heavy (non-hydrogen) atoms. The highest BCUT2D eigenvalue weighted by Gasteiger charge is 2.36. The summed E-state index contributed by atoms with van der Waals surface area (Å²) in [4.78, 5) is 24.5. The van der Waals surface area contributed by atoms with Gasteiger partial charge in [-0.15, -0.1) is 4.80 Å². The molecule has 1 amide bonds. The number of pyridine rings is 2. The summed E-state index contributed by atoms with van der Waals surface area (Å²) >= 11 is 6.00. The first-order valence-corrected chi connectivity index (χ1v) is 10.6. The molecule has 0 bridgehead atoms. The molecule has 0 N–H and O–H groups in total. The summed E-state index contributed by atoms with van der Waals surface area (Å²) in [5.41, 5.74) is 0.178. The van der Waals surface area contributed by atoms with Gasteiger partial charge >= 0.3 is 6.18 Å². The molecule has 1 saturated heterocycles. The highest BCUT2D eigenvalue weighted by Crippen LogP contribution is 2.34. The number of nitrogens with zero attached hydrogens (tertiary/aromatic N) is 6. The minimum atomic E-state index is -4.56. The summed E-state index contributed by atoms with van der Waals surface area (Å²) in [5, 5.41) is 7.91. The van der Waals surface area contributed by atoms with Crippen molar-refractivity contribution in [3.05, 3.63) is 58.6 Å². The number of ether oxygens (including phenoxy) is 1. The van der Waals surface area contributed by atoms with Crippen LogP contribution >= 0.6 is 11.6 Å². The van der Waals surface area contributed by atoms with E-state index in [1.165, 1.54) is 17.2 Å². The molecule has 1 aliphatic heterocycles. The Morgan fingerprint density at radius 2 is 1.91 bits per heavy atom. The molecular formula is C21H20ClF3N6O2. The third kappa shape index (κ3) is 4.77. The van der Waals surface area contributed by atoms with Gasteiger partial charge in [-0.1, -0.05) is 11.6 Å². The lowest BCUT2D eigenvalue weighted by Crippen LogP contribution is -2.51. The second kappa shape index (κ2) is 8.97. The van der Waals surface area contributed by atoms with Gasteiger partial charge in [-0.25, -0.2) is 9.97 Å². The van der Waals surface area contributed by atoms with E-state index in [-0.39, 0.29) is 16.8 Å². The smallest absolute Gasteiger partial charge is 0.417 e. The second-order valence-electron chi connectivity index (χ2n) is 7.75. The Balaban J connectivity index is 1.57. The Morgan fingerprint density at radius 1 is 1.18 bits per heavy atom. The van der Waals surface area contributed by atoms with Crippen molar-refractivity contribution in [2.24, 2.45) is 0 Å². The number of amides is 1. The topological polar surface area (TPSA) is 86.0 Å². The highest BCUT2D eigenvalue weighted by molar-refractivity contribution is 6.31. The van der Waals surface area contributed by atoms with Crippen LogP contribution in [0.3, 0.4) is 0 Å². The summed E-state index contributed by atoms with van der Waals surface area (Å²) in [7, 11) is 0. The maximum Gasteiger partial charge on any atom is 0.417 e. The van der Waals surface area contributed by atoms with Crippen LogP contribution in [0.4, 0.5) is 13.2 Å². The van der Waals surface area contributed by atoms with Gasteiger partial charge in [0.15, 0.2) is 5.82 Å². The Labute approximate surface area is 192 Å². The van der Waals surface area contributed by atoms with Gasteiger partial charge < -0.3 is 9.64 Å². The molecule has 0 aliphatic carbocycles. The fourth-order valence-electron chi connectivity index (χ4n) is 3.72. The van der Waals surface area contributed by atoms with Gasteiger partial charge in [0, 0.05) is 18.9 Å². The minimum Gasteiger partial charge on any atom is -0.471 e. The number of alkyl halides is 3. The van der Waals surface area contributed by atoms with Gasteiger partial charge in [0.2, 0.25) is 5.88 Å². The van der Waals surface area contributed by atoms with E-state index in [0.29, 0.717) is 37.0 Å². The van der Waals surface area contributed by atoms with Crippen LogP contribution < -0.4 is 4.74 Å². The first-order valence-electron chi connectivity index (χ1n) is 10.2. The van der Waals surface area contributed by atoms with Gasteiger partial charge in [-0.3, -0.25) is 4.79 Å². The molecule has 1 fully saturated rings. The second-order valence-corrected chi connectivity index (χ2v) is 8.16. The van der Waals surface area contributed by atoms with Crippen LogP contribution in [0.5, 0.6) is 5.88 Å². The van der Waals surface area contributed by atoms with E-state index in [9.17, 15) is 18.0 Å². The molecule has 2 unspecified atom stereocenters. The largest absolute Gasteiger partial charge is 0.471 e. The number of rotatable bonds is 4. The Hall–Kier alpha value is -3.21. The normalized spacial score (nSPS) is 18.9. The molecular weight excluding hydrogens is 461 g/mol. The van der Waals surface area contributed by atoms with Crippen LogP contribution in [0.25, 0.3) is 5.82 Å². The molecule has 12 heteroatoms. The number of hydrogen-bond acceptors (Lipinski definition) is 6. The molecule has 2 atom stereocenters. The number of halogens is 4. The van der Waals surface area contributed by atoms with Crippen molar-refractivity contribution in [3.63, 3.8) is 0 Å². The molecule has 4 rings (SSSR count). The Kier molecular flexibility index (Phi) is 6.24. The van der Waals surface area contributed by atoms with Crippen LogP contribution in [0.2, 0.25) is 5.02 Å². The van der Waals surface area contributed by atoms with Crippen LogP contribution in [0.1, 0.15) is 41.3 Å². The van der Waals surface area contributed by atoms with Crippen molar-refractivity contribution in [2.45, 2.75) is 45.0 Å². The van der Waals surface area contributed by atoms with E-state index in [2.05, 4.69) is 20.2 Å². The Morgan fingerprint density at radius 3 is 2.58 bits per heavy atom. The van der Waals surface area contributed by atoms with Crippen molar-refractivity contribution in [1.82, 2.24) is 29.9 Å². The molecule has 0 saturated carbocycles. The lowest BCUT2D eigenvalue weighted by molar-refractivity contribution is -0.137. The van der Waals surface area contributed by atoms with Crippen LogP contribution in [-0.4, -0.2) is 54.5 Å². The van der Waals surface area contributed by atoms with E-state index in [0.717, 1.165) is 11.6 Å². The van der Waals surface area contributed by atoms with Crippen LogP contribution in [-0.2, 0) is 6.18 Å². The Bertz CT molecular complexity index is 1160. The van der Waals surface area contributed by atoms with E-state index in [1.807, 2.05) is 13.8 Å². The molecule has 0 spiro atoms. The number of aryl methyl sites for hydroxylation is 1. The van der Waals surface area contributed by atoms with Gasteiger partial charge in [-0.2, -0.15) is 23.4 Å². The lowest BCUT2D eigenvalue weighted by atomic mass is 9.98. The third-order valence-corrected chi connectivity index (χ3v) is 5.69. The van der Waals surface area contributed by atoms with Gasteiger partial charge in [0.25, 0.3) is 5.91 Å². The van der Waals surface area contributed by atoms with Gasteiger partial charge in [0.05, 0.1) is 29.6 Å². The highest BCUT2D eigenvalue weighted by atomic mass is 35.5. The maximum absolute atomic E-state index is 13.5. The molecule has 4 heterocycles. The first-order chi connectivity index (χ1) is 15.6. The number of hydrogen-bond donors (Lipinski definition) is 0. The third-order valence-electron chi connectivity index (χ3n) is 5.42. The van der Waals surface area contributed by atoms with E-state index in [4.69, 9.17) is 16.3 Å². The number of carbonyl (C=O) groups excluding carboxylic acids is 1. The number of likely N-dealkylation sites (tertiary alicyclic amines) is 1. The zero-order valence-electron chi connectivity index (χ0n) is 17.8. The average Bonchev–Trinajstić information content (AvgIpc) is 3.30. The molecule has 3 aromatic rings. The lowest BCUT2D eigenvalue weighted by Gasteiger charge is -2.39. The zero-order valence-corrected chi connectivity index (χ0v) is 18.5. The van der Waals surface area contributed by atoms with E-state index >= 15 is 0 Å². The van der Waals surface area contributed by atoms with Crippen molar-refractivity contribution >= 4 is 17.5 Å². The van der Waals surface area contributed by atoms with Gasteiger partial charge in [-0.05, 0) is 44.4 Å². The molecule has 0 radical (unpaired) electrons. The molecule has 174 valence electrons. The summed E-state index contributed by atoms with van der Waals surface area (Å²) in [6, 6.07) is 2.10. The van der Waals surface area contributed by atoms with E-state index < -0.39 is 23.9 Å². The number of carbonyl (C=O) groups is 1. The molecule has 8 nitrogen and oxygen atoms in total. The van der Waals surface area contributed by atoms with Crippen LogP contribution in [0, 0.1) is 6.92 Å². The SMILES string of the molecule is Cc1cnc(-n2nccn2)c(C(=O)N2CCCC(Oc3ncc(C(F)(F)F)cc3Cl)C2C)c1. The summed E-state index contributed by atoms with van der Waals surface area (Å²) in [6.07, 6.45) is 1.44. The average molecular weight is 481 g/mol. The van der Waals surface area contributed by atoms with Crippen molar-refractivity contribution < 1.29 is 22.7 Å². The fourth-order valence-corrected chi connectivity index (χ4v) is 3.93. The number of aromatic nitrogens is 5. The first kappa shape index (κ1) is 23.0. The minimum absolute atomic E-state index is 0.102. The van der Waals surface area contributed by atoms with E-state index in [1.54, 1.807) is 17.2 Å². The predicted octanol–water partition coefficient (Wildman–Crippen LogP) is 4.11. The zero-order chi connectivity index (χ0) is 23.8. The van der Waals surface area contributed by atoms with Crippen LogP contribution in [0.15, 0.2) is 36.9 Å². The molecule has 3 aromatic heterocycles. The standard InChI is InChI=1S/C21H20ClF3N6O2/c1-12-8-15(18(26-10-12)31-28-5-6-29-31)20(32)30-7-3-4-17(13(30)2)33-19-16(22)9-14(11-27-19)21(23,24)25/h5-6,8-11,13,17H,3-4,7H2,1-2H3. The molecule has 0 aromatic carbocycles. The summed E-state index contributed by atoms with van der Waals surface area (Å²) in [5.74, 6) is -0.0708. The number of piperidine rings is 1.